The highest BCUT2D eigenvalue weighted by atomic mass is 35.5. The number of hydrogen-bond donors (Lipinski definition) is 1. The van der Waals surface area contributed by atoms with Crippen LogP contribution in [0.4, 0.5) is 5.69 Å². The molecule has 2 amide bonds. The van der Waals surface area contributed by atoms with Gasteiger partial charge in [0.15, 0.2) is 0 Å². The summed E-state index contributed by atoms with van der Waals surface area (Å²) in [6.07, 6.45) is 5.05. The van der Waals surface area contributed by atoms with Crippen LogP contribution in [0.3, 0.4) is 0 Å². The Kier molecular flexibility index (Phi) is 12.8. The molecular formula is C39H43Cl2N3O5S. The molecule has 1 fully saturated rings. The Morgan fingerprint density at radius 2 is 1.50 bits per heavy atom. The van der Waals surface area contributed by atoms with E-state index in [0.717, 1.165) is 47.5 Å². The van der Waals surface area contributed by atoms with Crippen LogP contribution in [0.2, 0.25) is 10.0 Å². The zero-order chi connectivity index (χ0) is 35.7. The van der Waals surface area contributed by atoms with Crippen LogP contribution < -0.4 is 14.4 Å². The molecule has 4 aromatic carbocycles. The van der Waals surface area contributed by atoms with E-state index in [0.29, 0.717) is 28.0 Å². The van der Waals surface area contributed by atoms with Crippen molar-refractivity contribution < 1.29 is 22.7 Å². The van der Waals surface area contributed by atoms with Gasteiger partial charge < -0.3 is 15.0 Å². The molecule has 1 atom stereocenters. The molecule has 50 heavy (non-hydrogen) atoms. The number of anilines is 1. The average Bonchev–Trinajstić information content (AvgIpc) is 3.11. The van der Waals surface area contributed by atoms with Crippen LogP contribution in [-0.4, -0.2) is 50.4 Å². The Balaban J connectivity index is 1.59. The third kappa shape index (κ3) is 9.38. The Morgan fingerprint density at radius 1 is 0.860 bits per heavy atom. The molecule has 0 spiro atoms. The number of nitrogens with zero attached hydrogens (tertiary/aromatic N) is 2. The summed E-state index contributed by atoms with van der Waals surface area (Å²) < 4.78 is 35.4. The lowest BCUT2D eigenvalue weighted by Crippen LogP contribution is -2.55. The highest BCUT2D eigenvalue weighted by Gasteiger charge is 2.36. The molecule has 0 heterocycles. The smallest absolute Gasteiger partial charge is 0.264 e. The zero-order valence-corrected chi connectivity index (χ0v) is 30.7. The highest BCUT2D eigenvalue weighted by molar-refractivity contribution is 7.92. The van der Waals surface area contributed by atoms with Crippen LogP contribution in [0, 0.1) is 6.92 Å². The number of aryl methyl sites for hydroxylation is 1. The van der Waals surface area contributed by atoms with E-state index in [-0.39, 0.29) is 35.5 Å². The third-order valence-corrected chi connectivity index (χ3v) is 11.4. The first-order valence-corrected chi connectivity index (χ1v) is 19.2. The molecule has 264 valence electrons. The van der Waals surface area contributed by atoms with Crippen molar-refractivity contribution in [2.24, 2.45) is 0 Å². The van der Waals surface area contributed by atoms with E-state index in [1.165, 1.54) is 17.0 Å². The fourth-order valence-electron chi connectivity index (χ4n) is 6.19. The second-order valence-electron chi connectivity index (χ2n) is 12.5. The maximum absolute atomic E-state index is 14.8. The van der Waals surface area contributed by atoms with E-state index < -0.39 is 28.5 Å². The number of amides is 2. The van der Waals surface area contributed by atoms with Gasteiger partial charge in [-0.1, -0.05) is 96.6 Å². The molecule has 0 aliphatic heterocycles. The van der Waals surface area contributed by atoms with Gasteiger partial charge in [-0.3, -0.25) is 13.9 Å². The predicted octanol–water partition coefficient (Wildman–Crippen LogP) is 7.98. The molecule has 5 rings (SSSR count). The summed E-state index contributed by atoms with van der Waals surface area (Å²) in [6, 6.07) is 26.5. The fourth-order valence-corrected chi connectivity index (χ4v) is 8.12. The number of halogens is 2. The molecule has 11 heteroatoms. The summed E-state index contributed by atoms with van der Waals surface area (Å²) in [5.41, 5.74) is 2.46. The van der Waals surface area contributed by atoms with Crippen LogP contribution in [0.1, 0.15) is 55.7 Å². The molecule has 8 nitrogen and oxygen atoms in total. The Bertz CT molecular complexity index is 1830. The van der Waals surface area contributed by atoms with Gasteiger partial charge in [0.05, 0.1) is 17.2 Å². The quantitative estimate of drug-likeness (QED) is 0.142. The van der Waals surface area contributed by atoms with Crippen molar-refractivity contribution >= 4 is 50.7 Å². The van der Waals surface area contributed by atoms with Crippen molar-refractivity contribution in [3.8, 4) is 5.75 Å². The van der Waals surface area contributed by atoms with Crippen molar-refractivity contribution in [3.05, 3.63) is 124 Å². The SMILES string of the molecule is CCOc1ccc(N(CC(=O)N(Cc2c(Cl)cccc2Cl)[C@H](Cc2ccccc2)C(=O)NC2CCCCC2)S(=O)(=O)c2ccc(C)cc2)cc1. The van der Waals surface area contributed by atoms with Gasteiger partial charge in [0, 0.05) is 34.6 Å². The minimum Gasteiger partial charge on any atom is -0.494 e. The molecule has 0 saturated heterocycles. The number of rotatable bonds is 14. The van der Waals surface area contributed by atoms with Gasteiger partial charge in [0.2, 0.25) is 11.8 Å². The van der Waals surface area contributed by atoms with Crippen LogP contribution in [-0.2, 0) is 32.6 Å². The molecule has 1 aliphatic rings. The zero-order valence-electron chi connectivity index (χ0n) is 28.4. The fraction of sp³-hybridized carbons (Fsp3) is 0.333. The maximum Gasteiger partial charge on any atom is 0.264 e. The summed E-state index contributed by atoms with van der Waals surface area (Å²) in [4.78, 5) is 30.6. The van der Waals surface area contributed by atoms with Crippen molar-refractivity contribution in [3.63, 3.8) is 0 Å². The lowest BCUT2D eigenvalue weighted by atomic mass is 9.94. The van der Waals surface area contributed by atoms with Gasteiger partial charge in [-0.05, 0) is 80.8 Å². The highest BCUT2D eigenvalue weighted by Crippen LogP contribution is 2.30. The van der Waals surface area contributed by atoms with E-state index in [1.54, 1.807) is 54.6 Å². The van der Waals surface area contributed by atoms with E-state index in [2.05, 4.69) is 5.32 Å². The first-order valence-electron chi connectivity index (χ1n) is 17.0. The molecule has 1 N–H and O–H groups in total. The van der Waals surface area contributed by atoms with Crippen LogP contribution in [0.25, 0.3) is 0 Å². The summed E-state index contributed by atoms with van der Waals surface area (Å²) >= 11 is 13.3. The number of carbonyl (C=O) groups excluding carboxylic acids is 2. The monoisotopic (exact) mass is 735 g/mol. The number of benzene rings is 4. The molecule has 1 aliphatic carbocycles. The van der Waals surface area contributed by atoms with Gasteiger partial charge in [-0.15, -0.1) is 0 Å². The Hall–Kier alpha value is -4.05. The Labute approximate surface area is 305 Å². The van der Waals surface area contributed by atoms with Crippen molar-refractivity contribution in [2.45, 2.75) is 75.9 Å². The number of ether oxygens (including phenoxy) is 1. The van der Waals surface area contributed by atoms with Gasteiger partial charge in [-0.2, -0.15) is 0 Å². The average molecular weight is 737 g/mol. The topological polar surface area (TPSA) is 96.0 Å². The summed E-state index contributed by atoms with van der Waals surface area (Å²) in [6.45, 7) is 3.46. The molecule has 0 unspecified atom stereocenters. The van der Waals surface area contributed by atoms with Gasteiger partial charge >= 0.3 is 0 Å². The second-order valence-corrected chi connectivity index (χ2v) is 15.2. The van der Waals surface area contributed by atoms with E-state index in [9.17, 15) is 18.0 Å². The largest absolute Gasteiger partial charge is 0.494 e. The molecular weight excluding hydrogens is 693 g/mol. The maximum atomic E-state index is 14.8. The van der Waals surface area contributed by atoms with E-state index in [4.69, 9.17) is 27.9 Å². The number of sulfonamides is 1. The van der Waals surface area contributed by atoms with Crippen LogP contribution >= 0.6 is 23.2 Å². The second kappa shape index (κ2) is 17.2. The third-order valence-electron chi connectivity index (χ3n) is 8.94. The molecule has 0 bridgehead atoms. The van der Waals surface area contributed by atoms with Gasteiger partial charge in [0.1, 0.15) is 18.3 Å². The van der Waals surface area contributed by atoms with Crippen molar-refractivity contribution in [2.75, 3.05) is 17.5 Å². The standard InChI is InChI=1S/C39H43Cl2N3O5S/c1-3-49-32-21-19-31(20-22-32)44(50(47,48)33-23-17-28(2)18-24-33)27-38(45)43(26-34-35(40)15-10-16-36(34)41)37(25-29-11-6-4-7-12-29)39(46)42-30-13-8-5-9-14-30/h4,6-7,10-12,15-24,30,37H,3,5,8-9,13-14,25-27H2,1-2H3,(H,42,46)/t37-/m1/s1. The molecule has 0 aromatic heterocycles. The summed E-state index contributed by atoms with van der Waals surface area (Å²) in [7, 11) is -4.25. The number of nitrogens with one attached hydrogen (secondary N) is 1. The summed E-state index contributed by atoms with van der Waals surface area (Å²) in [5.74, 6) is -0.343. The lowest BCUT2D eigenvalue weighted by molar-refractivity contribution is -0.140. The van der Waals surface area contributed by atoms with Gasteiger partial charge in [-0.25, -0.2) is 8.42 Å². The minimum absolute atomic E-state index is 0.0161. The minimum atomic E-state index is -4.25. The Morgan fingerprint density at radius 3 is 2.12 bits per heavy atom. The van der Waals surface area contributed by atoms with Crippen molar-refractivity contribution in [1.29, 1.82) is 0 Å². The van der Waals surface area contributed by atoms with E-state index in [1.807, 2.05) is 44.2 Å². The van der Waals surface area contributed by atoms with Gasteiger partial charge in [0.25, 0.3) is 10.0 Å². The summed E-state index contributed by atoms with van der Waals surface area (Å²) in [5, 5.41) is 3.87. The van der Waals surface area contributed by atoms with Crippen LogP contribution in [0.5, 0.6) is 5.75 Å². The molecule has 4 aromatic rings. The molecule has 1 saturated carbocycles. The van der Waals surface area contributed by atoms with E-state index >= 15 is 0 Å². The predicted molar refractivity (Wildman–Crippen MR) is 199 cm³/mol. The lowest BCUT2D eigenvalue weighted by Gasteiger charge is -2.35. The van der Waals surface area contributed by atoms with Crippen molar-refractivity contribution in [1.82, 2.24) is 10.2 Å². The normalized spacial score (nSPS) is 14.1. The first-order chi connectivity index (χ1) is 24.1. The first kappa shape index (κ1) is 37.2. The number of carbonyl (C=O) groups is 2. The van der Waals surface area contributed by atoms with Crippen LogP contribution in [0.15, 0.2) is 102 Å². The molecule has 0 radical (unpaired) electrons. The number of hydrogen-bond acceptors (Lipinski definition) is 5.